The molecule has 0 heterocycles. The summed E-state index contributed by atoms with van der Waals surface area (Å²) in [5.74, 6) is -8.01. The fraction of sp³-hybridized carbons (Fsp3) is 0.512. The van der Waals surface area contributed by atoms with Gasteiger partial charge >= 0.3 is 0 Å². The van der Waals surface area contributed by atoms with Crippen LogP contribution in [0.1, 0.15) is 53.4 Å². The van der Waals surface area contributed by atoms with Crippen molar-refractivity contribution < 1.29 is 41.1 Å². The zero-order chi connectivity index (χ0) is 37.5. The van der Waals surface area contributed by atoms with Crippen molar-refractivity contribution in [3.63, 3.8) is 0 Å². The molecule has 6 atom stereocenters. The number of ether oxygens (including phenoxy) is 2. The van der Waals surface area contributed by atoms with E-state index in [1.54, 1.807) is 60.7 Å². The molecular formula is C41H52F4O5Si. The number of allylic oxidation sites excluding steroid dienone is 3. The van der Waals surface area contributed by atoms with Gasteiger partial charge in [-0.05, 0) is 79.2 Å². The monoisotopic (exact) mass is 728 g/mol. The fourth-order valence-electron chi connectivity index (χ4n) is 6.49. The van der Waals surface area contributed by atoms with Gasteiger partial charge in [-0.3, -0.25) is 9.59 Å². The van der Waals surface area contributed by atoms with Gasteiger partial charge in [0.15, 0.2) is 21.5 Å². The fourth-order valence-corrected chi connectivity index (χ4v) is 7.84. The van der Waals surface area contributed by atoms with E-state index in [0.29, 0.717) is 24.3 Å². The number of ketones is 2. The highest BCUT2D eigenvalue weighted by Gasteiger charge is 2.47. The van der Waals surface area contributed by atoms with Gasteiger partial charge in [-0.25, -0.2) is 0 Å². The molecule has 0 radical (unpaired) electrons. The third-order valence-corrected chi connectivity index (χ3v) is 14.9. The van der Waals surface area contributed by atoms with Crippen molar-refractivity contribution in [3.8, 4) is 11.5 Å². The lowest BCUT2D eigenvalue weighted by Crippen LogP contribution is -2.45. The second-order valence-corrected chi connectivity index (χ2v) is 20.2. The van der Waals surface area contributed by atoms with Crippen LogP contribution >= 0.6 is 0 Å². The molecule has 278 valence electrons. The van der Waals surface area contributed by atoms with Gasteiger partial charge in [0.2, 0.25) is 0 Å². The summed E-state index contributed by atoms with van der Waals surface area (Å²) in [5.41, 5.74) is 0. The number of hydrogen-bond donors (Lipinski definition) is 0. The quantitative estimate of drug-likeness (QED) is 0.0979. The summed E-state index contributed by atoms with van der Waals surface area (Å²) in [7, 11) is -2.35. The maximum Gasteiger partial charge on any atom is 0.299 e. The van der Waals surface area contributed by atoms with Gasteiger partial charge in [0.1, 0.15) is 23.1 Å². The molecule has 2 saturated carbocycles. The highest BCUT2D eigenvalue weighted by molar-refractivity contribution is 6.74. The van der Waals surface area contributed by atoms with Crippen molar-refractivity contribution in [1.82, 2.24) is 0 Å². The van der Waals surface area contributed by atoms with E-state index in [1.807, 2.05) is 19.1 Å². The van der Waals surface area contributed by atoms with Crippen LogP contribution in [0.4, 0.5) is 17.6 Å². The molecule has 10 heteroatoms. The molecule has 4 rings (SSSR count). The van der Waals surface area contributed by atoms with Crippen molar-refractivity contribution in [1.29, 1.82) is 0 Å². The number of halogens is 4. The van der Waals surface area contributed by atoms with Crippen LogP contribution in [0.15, 0.2) is 97.1 Å². The van der Waals surface area contributed by atoms with E-state index < -0.39 is 57.2 Å². The first-order valence-electron chi connectivity index (χ1n) is 17.8. The molecular weight excluding hydrogens is 677 g/mol. The van der Waals surface area contributed by atoms with Crippen LogP contribution in [-0.4, -0.2) is 51.0 Å². The normalized spacial score (nSPS) is 25.1. The molecule has 0 amide bonds. The average molecular weight is 729 g/mol. The molecule has 2 aliphatic rings. The molecule has 0 aromatic heterocycles. The van der Waals surface area contributed by atoms with Gasteiger partial charge in [-0.2, -0.15) is 17.6 Å². The Morgan fingerprint density at radius 2 is 1.14 bits per heavy atom. The number of carbonyl (C=O) groups is 2. The second-order valence-electron chi connectivity index (χ2n) is 15.5. The first-order valence-corrected chi connectivity index (χ1v) is 20.7. The number of hydrogen-bond acceptors (Lipinski definition) is 5. The Labute approximate surface area is 301 Å². The van der Waals surface area contributed by atoms with Gasteiger partial charge < -0.3 is 13.9 Å². The van der Waals surface area contributed by atoms with Crippen LogP contribution in [0.2, 0.25) is 18.1 Å². The standard InChI is InChI=1S/C41H52F4O5Si/c1-29-25-36(46)33(32(29)21-23-40(42,43)27-48-30-15-9-7-10-16-30)19-13-14-20-34-35(38(26-37(34)47)50-51(5,6)39(2,3)4)22-24-41(44,45)28-49-31-17-11-8-12-18-31/h7-18,21-24,29,32-35,38H,19-20,25-28H2,1-6H3/b14-13+,23-21+,24-22+/t29-,32+,33-,34-,35-,38-/m0/s1. The van der Waals surface area contributed by atoms with E-state index in [9.17, 15) is 18.4 Å². The van der Waals surface area contributed by atoms with Crippen LogP contribution < -0.4 is 9.47 Å². The van der Waals surface area contributed by atoms with Crippen molar-refractivity contribution >= 4 is 19.9 Å². The Balaban J connectivity index is 1.44. The molecule has 0 N–H and O–H groups in total. The summed E-state index contributed by atoms with van der Waals surface area (Å²) in [6.45, 7) is 10.6. The van der Waals surface area contributed by atoms with Gasteiger partial charge in [-0.15, -0.1) is 0 Å². The molecule has 51 heavy (non-hydrogen) atoms. The summed E-state index contributed by atoms with van der Waals surface area (Å²) in [4.78, 5) is 26.3. The van der Waals surface area contributed by atoms with Crippen molar-refractivity contribution in [2.45, 2.75) is 89.5 Å². The first-order chi connectivity index (χ1) is 23.9. The minimum absolute atomic E-state index is 0.00573. The predicted molar refractivity (Wildman–Crippen MR) is 195 cm³/mol. The number of Topliss-reactive ketones (excluding diaryl/α,β-unsaturated/α-hetero) is 2. The third kappa shape index (κ3) is 11.5. The Morgan fingerprint density at radius 3 is 1.61 bits per heavy atom. The molecule has 0 unspecified atom stereocenters. The third-order valence-electron chi connectivity index (χ3n) is 10.4. The molecule has 2 fully saturated rings. The van der Waals surface area contributed by atoms with Gasteiger partial charge in [0.05, 0.1) is 6.10 Å². The van der Waals surface area contributed by atoms with Crippen LogP contribution in [-0.2, 0) is 14.0 Å². The summed E-state index contributed by atoms with van der Waals surface area (Å²) >= 11 is 0. The van der Waals surface area contributed by atoms with Crippen molar-refractivity contribution in [2.24, 2.45) is 29.6 Å². The zero-order valence-electron chi connectivity index (χ0n) is 30.5. The average Bonchev–Trinajstić information content (AvgIpc) is 3.51. The Bertz CT molecular complexity index is 1530. The van der Waals surface area contributed by atoms with E-state index in [-0.39, 0.29) is 41.3 Å². The summed E-state index contributed by atoms with van der Waals surface area (Å²) < 4.78 is 76.7. The Hall–Kier alpha value is -3.50. The maximum atomic E-state index is 15.0. The van der Waals surface area contributed by atoms with E-state index in [1.165, 1.54) is 12.2 Å². The Kier molecular flexibility index (Phi) is 13.3. The van der Waals surface area contributed by atoms with Gasteiger partial charge in [0, 0.05) is 30.6 Å². The molecule has 2 aromatic carbocycles. The van der Waals surface area contributed by atoms with E-state index in [2.05, 4.69) is 33.9 Å². The van der Waals surface area contributed by atoms with Crippen LogP contribution in [0.5, 0.6) is 11.5 Å². The molecule has 2 aromatic rings. The van der Waals surface area contributed by atoms with E-state index >= 15 is 8.78 Å². The van der Waals surface area contributed by atoms with Crippen molar-refractivity contribution in [2.75, 3.05) is 13.2 Å². The van der Waals surface area contributed by atoms with Gasteiger partial charge in [0.25, 0.3) is 11.8 Å². The molecule has 0 aliphatic heterocycles. The summed E-state index contributed by atoms with van der Waals surface area (Å²) in [6, 6.07) is 16.8. The Morgan fingerprint density at radius 1 is 0.706 bits per heavy atom. The zero-order valence-corrected chi connectivity index (χ0v) is 31.5. The number of benzene rings is 2. The number of alkyl halides is 4. The SMILES string of the molecule is C[C@H]1CC(=O)[C@@H](C/C=C/C[C@@H]2C(=O)C[C@H](O[Si](C)(C)C(C)(C)C)[C@H]2/C=C/C(F)(F)COc2ccccc2)[C@@H]1/C=C/C(F)(F)COc1ccccc1. The summed E-state index contributed by atoms with van der Waals surface area (Å²) in [6.07, 6.45) is 8.63. The number of para-hydroxylation sites is 2. The van der Waals surface area contributed by atoms with Crippen LogP contribution in [0.25, 0.3) is 0 Å². The number of rotatable bonds is 16. The van der Waals surface area contributed by atoms with Crippen LogP contribution in [0.3, 0.4) is 0 Å². The lowest BCUT2D eigenvalue weighted by Gasteiger charge is -2.39. The maximum absolute atomic E-state index is 15.0. The minimum Gasteiger partial charge on any atom is -0.487 e. The second kappa shape index (κ2) is 16.9. The number of carbonyl (C=O) groups excluding carboxylic acids is 2. The first kappa shape index (κ1) is 40.3. The molecule has 0 saturated heterocycles. The molecule has 0 bridgehead atoms. The van der Waals surface area contributed by atoms with Crippen LogP contribution in [0, 0.1) is 29.6 Å². The highest BCUT2D eigenvalue weighted by atomic mass is 28.4. The van der Waals surface area contributed by atoms with E-state index in [0.717, 1.165) is 12.2 Å². The topological polar surface area (TPSA) is 61.8 Å². The smallest absolute Gasteiger partial charge is 0.299 e. The van der Waals surface area contributed by atoms with Crippen molar-refractivity contribution in [3.05, 3.63) is 97.1 Å². The highest BCUT2D eigenvalue weighted by Crippen LogP contribution is 2.44. The summed E-state index contributed by atoms with van der Waals surface area (Å²) in [5, 5.41) is -0.148. The largest absolute Gasteiger partial charge is 0.487 e. The lowest BCUT2D eigenvalue weighted by atomic mass is 9.86. The lowest BCUT2D eigenvalue weighted by molar-refractivity contribution is -0.121. The van der Waals surface area contributed by atoms with Gasteiger partial charge in [-0.1, -0.05) is 88.4 Å². The predicted octanol–water partition coefficient (Wildman–Crippen LogP) is 10.3. The molecule has 2 aliphatic carbocycles. The van der Waals surface area contributed by atoms with E-state index in [4.69, 9.17) is 13.9 Å². The molecule has 0 spiro atoms. The minimum atomic E-state index is -3.28. The molecule has 5 nitrogen and oxygen atoms in total.